The first kappa shape index (κ1) is 33.3. The first-order chi connectivity index (χ1) is 25.6. The number of rotatable bonds is 9. The zero-order valence-corrected chi connectivity index (χ0v) is 30.5. The molecular weight excluding hydrogens is 672 g/mol. The van der Waals surface area contributed by atoms with E-state index in [9.17, 15) is 0 Å². The molecule has 2 nitrogen and oxygen atoms in total. The molecule has 2 heterocycles. The van der Waals surface area contributed by atoms with Crippen LogP contribution in [0.3, 0.4) is 0 Å². The topological polar surface area (TPSA) is 6.48 Å². The highest BCUT2D eigenvalue weighted by Crippen LogP contribution is 2.53. The average molecular weight is 709 g/mol. The Morgan fingerprint density at radius 3 is 2.08 bits per heavy atom. The Morgan fingerprint density at radius 1 is 0.673 bits per heavy atom. The van der Waals surface area contributed by atoms with Gasteiger partial charge in [-0.05, 0) is 89.9 Å². The summed E-state index contributed by atoms with van der Waals surface area (Å²) in [6.07, 6.45) is 17.3. The van der Waals surface area contributed by atoms with Crippen LogP contribution in [-0.4, -0.2) is 0 Å². The number of anilines is 4. The van der Waals surface area contributed by atoms with Crippen molar-refractivity contribution >= 4 is 65.9 Å². The fourth-order valence-corrected chi connectivity index (χ4v) is 8.77. The van der Waals surface area contributed by atoms with Crippen molar-refractivity contribution in [2.24, 2.45) is 0 Å². The SMILES string of the molecule is C=C/C=C\C=C\N1/C(=C/C=C\C)Cc2cc(-c3cc(Cl)cc(N(c4ccccc4)c4ccccc4)c3)c3sc4c(-c5ccccc5)cccc4c3c21. The molecule has 0 saturated carbocycles. The molecule has 252 valence electrons. The standard InChI is InChI=1S/C48H37ClN2S/c1-3-5-7-17-28-50-40(21-6-4-2)31-36-32-44(48-45(46(36)50)43-27-18-26-42(47(43)52-48)34-19-11-8-12-20-34)35-29-37(49)33-41(30-35)51(38-22-13-9-14-23-38)39-24-15-10-16-25-39/h3-30,32-33H,1,31H2,2H3/b6-4-,7-5-,28-17+,40-21+. The third-order valence-electron chi connectivity index (χ3n) is 9.38. The van der Waals surface area contributed by atoms with Crippen LogP contribution < -0.4 is 9.80 Å². The fourth-order valence-electron chi connectivity index (χ4n) is 7.16. The number of thiophene rings is 1. The van der Waals surface area contributed by atoms with Gasteiger partial charge in [-0.25, -0.2) is 0 Å². The summed E-state index contributed by atoms with van der Waals surface area (Å²) in [4.78, 5) is 4.64. The molecule has 1 aliphatic heterocycles. The normalized spacial score (nSPS) is 13.7. The van der Waals surface area contributed by atoms with Crippen LogP contribution in [0, 0.1) is 0 Å². The summed E-state index contributed by atoms with van der Waals surface area (Å²) in [6.45, 7) is 5.91. The van der Waals surface area contributed by atoms with Crippen LogP contribution in [0.2, 0.25) is 5.02 Å². The quantitative estimate of drug-likeness (QED) is 0.138. The van der Waals surface area contributed by atoms with E-state index in [2.05, 4.69) is 187 Å². The average Bonchev–Trinajstić information content (AvgIpc) is 3.74. The summed E-state index contributed by atoms with van der Waals surface area (Å²) in [5.74, 6) is 0. The third kappa shape index (κ3) is 6.30. The van der Waals surface area contributed by atoms with Crippen molar-refractivity contribution in [1.29, 1.82) is 0 Å². The maximum absolute atomic E-state index is 7.09. The molecule has 7 aromatic rings. The zero-order valence-electron chi connectivity index (χ0n) is 28.9. The molecular formula is C48H37ClN2S. The Labute approximate surface area is 314 Å². The van der Waals surface area contributed by atoms with Crippen molar-refractivity contribution in [3.05, 3.63) is 205 Å². The maximum atomic E-state index is 7.09. The highest BCUT2D eigenvalue weighted by molar-refractivity contribution is 7.27. The van der Waals surface area contributed by atoms with Crippen LogP contribution in [-0.2, 0) is 6.42 Å². The Balaban J connectivity index is 1.42. The number of halogens is 1. The van der Waals surface area contributed by atoms with E-state index in [1.54, 1.807) is 6.08 Å². The number of hydrogen-bond donors (Lipinski definition) is 0. The van der Waals surface area contributed by atoms with Gasteiger partial charge in [-0.2, -0.15) is 0 Å². The van der Waals surface area contributed by atoms with Gasteiger partial charge in [0.15, 0.2) is 0 Å². The van der Waals surface area contributed by atoms with Crippen molar-refractivity contribution in [3.8, 4) is 22.3 Å². The summed E-state index contributed by atoms with van der Waals surface area (Å²) >= 11 is 8.96. The number of hydrogen-bond acceptors (Lipinski definition) is 3. The second kappa shape index (κ2) is 14.8. The van der Waals surface area contributed by atoms with Crippen molar-refractivity contribution in [1.82, 2.24) is 0 Å². The van der Waals surface area contributed by atoms with E-state index < -0.39 is 0 Å². The van der Waals surface area contributed by atoms with Crippen LogP contribution in [0.25, 0.3) is 42.4 Å². The molecule has 0 spiro atoms. The van der Waals surface area contributed by atoms with Crippen LogP contribution >= 0.6 is 22.9 Å². The highest BCUT2D eigenvalue weighted by atomic mass is 35.5. The van der Waals surface area contributed by atoms with E-state index >= 15 is 0 Å². The van der Waals surface area contributed by atoms with E-state index in [0.29, 0.717) is 5.02 Å². The van der Waals surface area contributed by atoms with Gasteiger partial charge in [0, 0.05) is 66.1 Å². The summed E-state index contributed by atoms with van der Waals surface area (Å²) < 4.78 is 2.51. The lowest BCUT2D eigenvalue weighted by Crippen LogP contribution is -2.10. The molecule has 0 amide bonds. The van der Waals surface area contributed by atoms with E-state index in [0.717, 1.165) is 29.0 Å². The molecule has 0 unspecified atom stereocenters. The first-order valence-corrected chi connectivity index (χ1v) is 18.7. The zero-order chi connectivity index (χ0) is 35.4. The van der Waals surface area contributed by atoms with Crippen LogP contribution in [0.5, 0.6) is 0 Å². The molecule has 0 atom stereocenters. The van der Waals surface area contributed by atoms with Crippen molar-refractivity contribution < 1.29 is 0 Å². The van der Waals surface area contributed by atoms with Gasteiger partial charge >= 0.3 is 0 Å². The summed E-state index contributed by atoms with van der Waals surface area (Å²) in [6, 6.07) is 47.3. The van der Waals surface area contributed by atoms with E-state index in [1.165, 1.54) is 53.8 Å². The predicted octanol–water partition coefficient (Wildman–Crippen LogP) is 14.6. The Hall–Kier alpha value is -5.87. The molecule has 4 heteroatoms. The second-order valence-electron chi connectivity index (χ2n) is 12.7. The van der Waals surface area contributed by atoms with E-state index in [1.807, 2.05) is 23.5 Å². The van der Waals surface area contributed by atoms with Gasteiger partial charge in [-0.3, -0.25) is 0 Å². The molecule has 1 aliphatic rings. The number of benzene rings is 6. The van der Waals surface area contributed by atoms with Crippen molar-refractivity contribution in [3.63, 3.8) is 0 Å². The lowest BCUT2D eigenvalue weighted by molar-refractivity contribution is 1.14. The molecule has 0 radical (unpaired) electrons. The molecule has 6 aromatic carbocycles. The molecule has 52 heavy (non-hydrogen) atoms. The molecule has 0 fully saturated rings. The van der Waals surface area contributed by atoms with Crippen LogP contribution in [0.4, 0.5) is 22.7 Å². The predicted molar refractivity (Wildman–Crippen MR) is 227 cm³/mol. The molecule has 1 aromatic heterocycles. The largest absolute Gasteiger partial charge is 0.320 e. The molecule has 8 rings (SSSR count). The first-order valence-electron chi connectivity index (χ1n) is 17.5. The summed E-state index contributed by atoms with van der Waals surface area (Å²) in [5.41, 5.74) is 11.6. The fraction of sp³-hybridized carbons (Fsp3) is 0.0417. The lowest BCUT2D eigenvalue weighted by Gasteiger charge is -2.26. The Bertz CT molecular complexity index is 2490. The number of allylic oxidation sites excluding steroid dienone is 8. The monoisotopic (exact) mass is 708 g/mol. The smallest absolute Gasteiger partial charge is 0.0581 e. The lowest BCUT2D eigenvalue weighted by atomic mass is 9.95. The molecule has 0 aliphatic carbocycles. The highest BCUT2D eigenvalue weighted by Gasteiger charge is 2.29. The van der Waals surface area contributed by atoms with Gasteiger partial charge in [0.1, 0.15) is 0 Å². The van der Waals surface area contributed by atoms with E-state index in [-0.39, 0.29) is 0 Å². The molecule has 0 bridgehead atoms. The van der Waals surface area contributed by atoms with Crippen molar-refractivity contribution in [2.45, 2.75) is 13.3 Å². The van der Waals surface area contributed by atoms with Gasteiger partial charge in [0.25, 0.3) is 0 Å². The minimum atomic E-state index is 0.691. The van der Waals surface area contributed by atoms with Crippen LogP contribution in [0.1, 0.15) is 12.5 Å². The summed E-state index contributed by atoms with van der Waals surface area (Å²) in [5, 5.41) is 3.21. The maximum Gasteiger partial charge on any atom is 0.0581 e. The van der Waals surface area contributed by atoms with Gasteiger partial charge in [-0.15, -0.1) is 11.3 Å². The van der Waals surface area contributed by atoms with Crippen LogP contribution in [0.15, 0.2) is 194 Å². The molecule has 0 N–H and O–H groups in total. The number of nitrogens with zero attached hydrogens (tertiary/aromatic N) is 2. The van der Waals surface area contributed by atoms with Crippen molar-refractivity contribution in [2.75, 3.05) is 9.80 Å². The minimum Gasteiger partial charge on any atom is -0.320 e. The molecule has 0 saturated heterocycles. The van der Waals surface area contributed by atoms with Gasteiger partial charge in [0.05, 0.1) is 5.69 Å². The minimum absolute atomic E-state index is 0.691. The third-order valence-corrected chi connectivity index (χ3v) is 10.9. The Morgan fingerprint density at radius 2 is 1.38 bits per heavy atom. The second-order valence-corrected chi connectivity index (χ2v) is 14.1. The summed E-state index contributed by atoms with van der Waals surface area (Å²) in [7, 11) is 0. The Kier molecular flexibility index (Phi) is 9.46. The van der Waals surface area contributed by atoms with Gasteiger partial charge in [-0.1, -0.05) is 133 Å². The van der Waals surface area contributed by atoms with E-state index in [4.69, 9.17) is 11.6 Å². The van der Waals surface area contributed by atoms with Gasteiger partial charge < -0.3 is 9.80 Å². The van der Waals surface area contributed by atoms with Gasteiger partial charge in [0.2, 0.25) is 0 Å². The number of fused-ring (bicyclic) bond motifs is 5. The number of para-hydroxylation sites is 2.